The van der Waals surface area contributed by atoms with Crippen molar-refractivity contribution in [1.29, 1.82) is 0 Å². The summed E-state index contributed by atoms with van der Waals surface area (Å²) in [6.45, 7) is 1.24. The molecule has 0 aliphatic heterocycles. The SMILES string of the molecule is O=C(CC12C[C@H]3C[C@@H](CC(Br)(C3)C1)C2)N(Cc1ccco1)Cc1cccs1. The zero-order chi connectivity index (χ0) is 18.5. The van der Waals surface area contributed by atoms with Crippen LogP contribution in [0.5, 0.6) is 0 Å². The summed E-state index contributed by atoms with van der Waals surface area (Å²) in [5, 5.41) is 2.08. The molecular weight excluding hydrogens is 422 g/mol. The third kappa shape index (κ3) is 3.65. The van der Waals surface area contributed by atoms with Gasteiger partial charge >= 0.3 is 0 Å². The van der Waals surface area contributed by atoms with Gasteiger partial charge in [0.15, 0.2) is 0 Å². The Kier molecular flexibility index (Phi) is 4.51. The molecule has 1 amide bonds. The molecule has 27 heavy (non-hydrogen) atoms. The summed E-state index contributed by atoms with van der Waals surface area (Å²) in [6.07, 6.45) is 10.1. The third-order valence-corrected chi connectivity index (χ3v) is 8.63. The van der Waals surface area contributed by atoms with Crippen LogP contribution in [0, 0.1) is 17.3 Å². The molecule has 0 spiro atoms. The number of carbonyl (C=O) groups excluding carboxylic acids is 1. The maximum absolute atomic E-state index is 13.5. The van der Waals surface area contributed by atoms with E-state index in [0.717, 1.165) is 17.6 Å². The number of hydrogen-bond acceptors (Lipinski definition) is 3. The van der Waals surface area contributed by atoms with E-state index in [4.69, 9.17) is 4.42 Å². The molecule has 0 radical (unpaired) electrons. The van der Waals surface area contributed by atoms with Crippen molar-refractivity contribution in [2.45, 2.75) is 62.4 Å². The first-order valence-corrected chi connectivity index (χ1v) is 11.7. The lowest BCUT2D eigenvalue weighted by atomic mass is 9.48. The minimum Gasteiger partial charge on any atom is -0.467 e. The monoisotopic (exact) mass is 447 g/mol. The molecule has 6 rings (SSSR count). The van der Waals surface area contributed by atoms with Gasteiger partial charge in [-0.1, -0.05) is 22.0 Å². The van der Waals surface area contributed by atoms with Gasteiger partial charge in [0.2, 0.25) is 5.91 Å². The van der Waals surface area contributed by atoms with E-state index in [9.17, 15) is 4.79 Å². The van der Waals surface area contributed by atoms with Crippen LogP contribution >= 0.6 is 27.3 Å². The van der Waals surface area contributed by atoms with Crippen LogP contribution in [-0.2, 0) is 17.9 Å². The standard InChI is InChI=1S/C22H26BrNO2S/c23-22-10-16-7-17(11-22)9-21(8-16,15-22)12-20(25)24(13-18-3-1-5-26-18)14-19-4-2-6-27-19/h1-6,16-17H,7-15H2/t16-,17-,21?,22?/m1/s1. The smallest absolute Gasteiger partial charge is 0.223 e. The number of nitrogens with zero attached hydrogens (tertiary/aromatic N) is 1. The van der Waals surface area contributed by atoms with Gasteiger partial charge in [-0.15, -0.1) is 11.3 Å². The second-order valence-electron chi connectivity index (χ2n) is 9.20. The molecule has 2 heterocycles. The van der Waals surface area contributed by atoms with Gasteiger partial charge in [-0.2, -0.15) is 0 Å². The molecule has 0 aromatic carbocycles. The van der Waals surface area contributed by atoms with E-state index in [2.05, 4.69) is 33.4 Å². The number of alkyl halides is 1. The summed E-state index contributed by atoms with van der Waals surface area (Å²) in [7, 11) is 0. The van der Waals surface area contributed by atoms with Crippen molar-refractivity contribution >= 4 is 33.2 Å². The molecule has 0 unspecified atom stereocenters. The van der Waals surface area contributed by atoms with Gasteiger partial charge in [-0.3, -0.25) is 4.79 Å². The third-order valence-electron chi connectivity index (χ3n) is 6.84. The first-order valence-electron chi connectivity index (χ1n) is 10.0. The largest absolute Gasteiger partial charge is 0.467 e. The highest BCUT2D eigenvalue weighted by molar-refractivity contribution is 9.10. The minimum atomic E-state index is 0.210. The molecule has 0 saturated heterocycles. The number of halogens is 1. The van der Waals surface area contributed by atoms with E-state index in [-0.39, 0.29) is 11.3 Å². The molecule has 3 nitrogen and oxygen atoms in total. The van der Waals surface area contributed by atoms with E-state index in [1.165, 1.54) is 43.4 Å². The number of amides is 1. The molecule has 4 bridgehead atoms. The Bertz CT molecular complexity index is 750. The molecule has 2 aromatic rings. The Balaban J connectivity index is 1.35. The van der Waals surface area contributed by atoms with Gasteiger partial charge in [0.05, 0.1) is 19.4 Å². The van der Waals surface area contributed by atoms with E-state index in [1.807, 2.05) is 17.0 Å². The second-order valence-corrected chi connectivity index (χ2v) is 11.9. The van der Waals surface area contributed by atoms with E-state index in [1.54, 1.807) is 17.6 Å². The molecule has 0 N–H and O–H groups in total. The molecule has 2 atom stereocenters. The van der Waals surface area contributed by atoms with Crippen LogP contribution in [0.3, 0.4) is 0 Å². The average Bonchev–Trinajstić information content (AvgIpc) is 3.25. The number of furan rings is 1. The maximum Gasteiger partial charge on any atom is 0.223 e. The molecule has 4 fully saturated rings. The molecule has 5 heteroatoms. The Labute approximate surface area is 173 Å². The number of hydrogen-bond donors (Lipinski definition) is 0. The summed E-state index contributed by atoms with van der Waals surface area (Å²) in [4.78, 5) is 16.7. The Morgan fingerprint density at radius 3 is 2.63 bits per heavy atom. The van der Waals surface area contributed by atoms with Gasteiger partial charge < -0.3 is 9.32 Å². The van der Waals surface area contributed by atoms with Crippen molar-refractivity contribution < 1.29 is 9.21 Å². The van der Waals surface area contributed by atoms with Crippen LogP contribution in [0.4, 0.5) is 0 Å². The molecular formula is C22H26BrNO2S. The van der Waals surface area contributed by atoms with Gasteiger partial charge in [-0.05, 0) is 79.4 Å². The van der Waals surface area contributed by atoms with Crippen LogP contribution in [0.2, 0.25) is 0 Å². The Morgan fingerprint density at radius 2 is 2.00 bits per heavy atom. The van der Waals surface area contributed by atoms with Gasteiger partial charge in [-0.25, -0.2) is 0 Å². The van der Waals surface area contributed by atoms with Crippen molar-refractivity contribution in [2.24, 2.45) is 17.3 Å². The molecule has 4 saturated carbocycles. The highest BCUT2D eigenvalue weighted by Gasteiger charge is 2.57. The lowest BCUT2D eigenvalue weighted by Gasteiger charge is -2.60. The topological polar surface area (TPSA) is 33.5 Å². The predicted octanol–water partition coefficient (Wildman–Crippen LogP) is 5.99. The summed E-state index contributed by atoms with van der Waals surface area (Å²) >= 11 is 5.80. The lowest BCUT2D eigenvalue weighted by molar-refractivity contribution is -0.139. The van der Waals surface area contributed by atoms with Crippen LogP contribution in [0.25, 0.3) is 0 Å². The highest BCUT2D eigenvalue weighted by atomic mass is 79.9. The van der Waals surface area contributed by atoms with Crippen molar-refractivity contribution in [1.82, 2.24) is 4.90 Å². The zero-order valence-corrected chi connectivity index (χ0v) is 17.9. The van der Waals surface area contributed by atoms with Crippen LogP contribution < -0.4 is 0 Å². The van der Waals surface area contributed by atoms with Crippen molar-refractivity contribution in [3.63, 3.8) is 0 Å². The number of carbonyl (C=O) groups is 1. The molecule has 2 aromatic heterocycles. The van der Waals surface area contributed by atoms with Crippen LogP contribution in [-0.4, -0.2) is 15.1 Å². The Morgan fingerprint density at radius 1 is 1.19 bits per heavy atom. The van der Waals surface area contributed by atoms with Gasteiger partial charge in [0, 0.05) is 15.6 Å². The van der Waals surface area contributed by atoms with Crippen molar-refractivity contribution in [2.75, 3.05) is 0 Å². The van der Waals surface area contributed by atoms with E-state index in [0.29, 0.717) is 23.8 Å². The summed E-state index contributed by atoms with van der Waals surface area (Å²) in [5.41, 5.74) is 0.210. The van der Waals surface area contributed by atoms with Crippen LogP contribution in [0.15, 0.2) is 40.3 Å². The predicted molar refractivity (Wildman–Crippen MR) is 111 cm³/mol. The normalized spacial score (nSPS) is 34.1. The Hall–Kier alpha value is -1.07. The summed E-state index contributed by atoms with van der Waals surface area (Å²) in [6, 6.07) is 8.04. The van der Waals surface area contributed by atoms with Gasteiger partial charge in [0.1, 0.15) is 5.76 Å². The van der Waals surface area contributed by atoms with Crippen LogP contribution in [0.1, 0.15) is 55.6 Å². The first-order chi connectivity index (χ1) is 13.0. The second kappa shape index (κ2) is 6.77. The minimum absolute atomic E-state index is 0.210. The highest BCUT2D eigenvalue weighted by Crippen LogP contribution is 2.65. The first kappa shape index (κ1) is 18.0. The summed E-state index contributed by atoms with van der Waals surface area (Å²) in [5.74, 6) is 2.78. The fourth-order valence-electron chi connectivity index (χ4n) is 6.39. The maximum atomic E-state index is 13.5. The van der Waals surface area contributed by atoms with Gasteiger partial charge in [0.25, 0.3) is 0 Å². The molecule has 144 valence electrons. The average molecular weight is 448 g/mol. The quantitative estimate of drug-likeness (QED) is 0.509. The lowest BCUT2D eigenvalue weighted by Crippen LogP contribution is -2.54. The number of thiophene rings is 1. The molecule has 4 aliphatic carbocycles. The zero-order valence-electron chi connectivity index (χ0n) is 15.5. The number of rotatable bonds is 6. The van der Waals surface area contributed by atoms with Crippen molar-refractivity contribution in [3.8, 4) is 0 Å². The van der Waals surface area contributed by atoms with E-state index >= 15 is 0 Å². The fourth-order valence-corrected chi connectivity index (χ4v) is 8.62. The fraction of sp³-hybridized carbons (Fsp3) is 0.591. The summed E-state index contributed by atoms with van der Waals surface area (Å²) < 4.78 is 5.85. The van der Waals surface area contributed by atoms with Crippen molar-refractivity contribution in [3.05, 3.63) is 46.5 Å². The van der Waals surface area contributed by atoms with E-state index < -0.39 is 0 Å². The molecule has 4 aliphatic rings.